The van der Waals surface area contributed by atoms with Gasteiger partial charge in [-0.2, -0.15) is 18.4 Å². The highest BCUT2D eigenvalue weighted by Gasteiger charge is 2.31. The zero-order valence-electron chi connectivity index (χ0n) is 16.5. The Morgan fingerprint density at radius 2 is 2.00 bits per heavy atom. The van der Waals surface area contributed by atoms with Crippen molar-refractivity contribution in [2.75, 3.05) is 31.4 Å². The maximum absolute atomic E-state index is 13.0. The van der Waals surface area contributed by atoms with E-state index in [4.69, 9.17) is 9.47 Å². The Labute approximate surface area is 175 Å². The average Bonchev–Trinajstić information content (AvgIpc) is 2.66. The van der Waals surface area contributed by atoms with Crippen LogP contribution in [0.3, 0.4) is 0 Å². The standard InChI is InChI=1S/C19H19F3N4O3S/c1-11-14(9-23)18(25-12(2)24-11)30-10-17(27)26-15-8-13(19(20,21)22)4-5-16(15)29-7-6-28-3/h4-5,8H,6-7,10H2,1-3H3,(H,26,27). The van der Waals surface area contributed by atoms with Crippen LogP contribution in [0.15, 0.2) is 23.2 Å². The summed E-state index contributed by atoms with van der Waals surface area (Å²) in [4.78, 5) is 20.6. The summed E-state index contributed by atoms with van der Waals surface area (Å²) in [7, 11) is 1.46. The molecule has 0 atom stereocenters. The van der Waals surface area contributed by atoms with Crippen molar-refractivity contribution in [2.24, 2.45) is 0 Å². The second-order valence-corrected chi connectivity index (χ2v) is 7.00. The average molecular weight is 440 g/mol. The van der Waals surface area contributed by atoms with E-state index in [9.17, 15) is 23.2 Å². The number of alkyl halides is 3. The summed E-state index contributed by atoms with van der Waals surface area (Å²) < 4.78 is 49.4. The Balaban J connectivity index is 2.18. The van der Waals surface area contributed by atoms with E-state index in [1.807, 2.05) is 6.07 Å². The second-order valence-electron chi connectivity index (χ2n) is 6.03. The van der Waals surface area contributed by atoms with Gasteiger partial charge in [-0.25, -0.2) is 9.97 Å². The van der Waals surface area contributed by atoms with Crippen LogP contribution in [0.4, 0.5) is 18.9 Å². The number of aryl methyl sites for hydroxylation is 2. The molecule has 1 aromatic heterocycles. The van der Waals surface area contributed by atoms with Gasteiger partial charge in [0, 0.05) is 7.11 Å². The third kappa shape index (κ3) is 6.33. The fourth-order valence-corrected chi connectivity index (χ4v) is 3.27. The molecule has 0 aliphatic carbocycles. The van der Waals surface area contributed by atoms with Gasteiger partial charge in [0.25, 0.3) is 0 Å². The van der Waals surface area contributed by atoms with Crippen molar-refractivity contribution in [3.63, 3.8) is 0 Å². The fraction of sp³-hybridized carbons (Fsp3) is 0.368. The van der Waals surface area contributed by atoms with Crippen molar-refractivity contribution in [1.82, 2.24) is 9.97 Å². The van der Waals surface area contributed by atoms with E-state index < -0.39 is 17.6 Å². The molecular formula is C19H19F3N4O3S. The van der Waals surface area contributed by atoms with Gasteiger partial charge < -0.3 is 14.8 Å². The molecule has 0 radical (unpaired) electrons. The van der Waals surface area contributed by atoms with E-state index in [1.165, 1.54) is 7.11 Å². The van der Waals surface area contributed by atoms with E-state index >= 15 is 0 Å². The molecule has 0 fully saturated rings. The highest BCUT2D eigenvalue weighted by Crippen LogP contribution is 2.35. The van der Waals surface area contributed by atoms with Crippen LogP contribution in [-0.4, -0.2) is 42.0 Å². The van der Waals surface area contributed by atoms with Crippen LogP contribution in [0.25, 0.3) is 0 Å². The fourth-order valence-electron chi connectivity index (χ4n) is 2.40. The molecule has 11 heteroatoms. The number of halogens is 3. The Kier molecular flexibility index (Phi) is 8.02. The first-order valence-electron chi connectivity index (χ1n) is 8.66. The molecule has 0 unspecified atom stereocenters. The number of aromatic nitrogens is 2. The predicted octanol–water partition coefficient (Wildman–Crippen LogP) is 3.74. The van der Waals surface area contributed by atoms with Gasteiger partial charge in [0.05, 0.1) is 29.3 Å². The topological polar surface area (TPSA) is 97.1 Å². The normalized spacial score (nSPS) is 11.1. The molecule has 0 spiro atoms. The molecule has 1 heterocycles. The minimum Gasteiger partial charge on any atom is -0.489 e. The first-order valence-corrected chi connectivity index (χ1v) is 9.65. The lowest BCUT2D eigenvalue weighted by molar-refractivity contribution is -0.137. The molecule has 0 aliphatic heterocycles. The molecule has 0 bridgehead atoms. The zero-order valence-corrected chi connectivity index (χ0v) is 17.3. The quantitative estimate of drug-likeness (QED) is 0.379. The Morgan fingerprint density at radius 1 is 1.27 bits per heavy atom. The largest absolute Gasteiger partial charge is 0.489 e. The van der Waals surface area contributed by atoms with Crippen LogP contribution in [0.1, 0.15) is 22.6 Å². The van der Waals surface area contributed by atoms with Crippen LogP contribution in [0.5, 0.6) is 5.75 Å². The Morgan fingerprint density at radius 3 is 2.63 bits per heavy atom. The van der Waals surface area contributed by atoms with E-state index in [1.54, 1.807) is 13.8 Å². The number of nitriles is 1. The number of hydrogen-bond acceptors (Lipinski definition) is 7. The van der Waals surface area contributed by atoms with Gasteiger partial charge in [-0.15, -0.1) is 0 Å². The molecule has 2 rings (SSSR count). The Hall–Kier alpha value is -2.84. The van der Waals surface area contributed by atoms with Crippen LogP contribution < -0.4 is 10.1 Å². The summed E-state index contributed by atoms with van der Waals surface area (Å²) >= 11 is 0.996. The number of carbonyl (C=O) groups excluding carboxylic acids is 1. The summed E-state index contributed by atoms with van der Waals surface area (Å²) in [6.07, 6.45) is -4.57. The highest BCUT2D eigenvalue weighted by atomic mass is 32.2. The maximum atomic E-state index is 13.0. The molecule has 0 saturated carbocycles. The van der Waals surface area contributed by atoms with Crippen molar-refractivity contribution in [3.05, 3.63) is 40.8 Å². The number of ether oxygens (including phenoxy) is 2. The van der Waals surface area contributed by atoms with Crippen LogP contribution in [0, 0.1) is 25.2 Å². The molecule has 1 amide bonds. The molecule has 1 aromatic carbocycles. The summed E-state index contributed by atoms with van der Waals surface area (Å²) in [6, 6.07) is 4.82. The smallest absolute Gasteiger partial charge is 0.416 e. The van der Waals surface area contributed by atoms with Crippen molar-refractivity contribution in [1.29, 1.82) is 5.26 Å². The van der Waals surface area contributed by atoms with Gasteiger partial charge in [-0.3, -0.25) is 4.79 Å². The van der Waals surface area contributed by atoms with Gasteiger partial charge >= 0.3 is 6.18 Å². The van der Waals surface area contributed by atoms with Crippen LogP contribution in [-0.2, 0) is 15.7 Å². The zero-order chi connectivity index (χ0) is 22.3. The van der Waals surface area contributed by atoms with Crippen molar-refractivity contribution in [2.45, 2.75) is 25.0 Å². The molecule has 1 N–H and O–H groups in total. The third-order valence-corrected chi connectivity index (χ3v) is 4.72. The number of amides is 1. The Bertz CT molecular complexity index is 961. The van der Waals surface area contributed by atoms with Gasteiger partial charge in [0.2, 0.25) is 5.91 Å². The minimum atomic E-state index is -4.57. The molecule has 30 heavy (non-hydrogen) atoms. The van der Waals surface area contributed by atoms with E-state index in [2.05, 4.69) is 15.3 Å². The number of benzene rings is 1. The SMILES string of the molecule is COCCOc1ccc(C(F)(F)F)cc1NC(=O)CSc1nc(C)nc(C)c1C#N. The summed E-state index contributed by atoms with van der Waals surface area (Å²) in [6.45, 7) is 3.65. The molecule has 0 aliphatic rings. The van der Waals surface area contributed by atoms with Gasteiger partial charge in [-0.05, 0) is 32.0 Å². The number of nitrogens with one attached hydrogen (secondary N) is 1. The lowest BCUT2D eigenvalue weighted by atomic mass is 10.1. The number of anilines is 1. The van der Waals surface area contributed by atoms with E-state index in [0.29, 0.717) is 16.5 Å². The lowest BCUT2D eigenvalue weighted by Gasteiger charge is -2.15. The van der Waals surface area contributed by atoms with Crippen LogP contribution in [0.2, 0.25) is 0 Å². The number of hydrogen-bond donors (Lipinski definition) is 1. The number of methoxy groups -OCH3 is 1. The maximum Gasteiger partial charge on any atom is 0.416 e. The van der Waals surface area contributed by atoms with Crippen LogP contribution >= 0.6 is 11.8 Å². The van der Waals surface area contributed by atoms with Gasteiger partial charge in [0.15, 0.2) is 0 Å². The number of carbonyl (C=O) groups is 1. The van der Waals surface area contributed by atoms with E-state index in [0.717, 1.165) is 30.0 Å². The second kappa shape index (κ2) is 10.3. The highest BCUT2D eigenvalue weighted by molar-refractivity contribution is 8.00. The summed E-state index contributed by atoms with van der Waals surface area (Å²) in [5, 5.41) is 12.0. The number of thioether (sulfide) groups is 1. The monoisotopic (exact) mass is 440 g/mol. The van der Waals surface area contributed by atoms with Crippen molar-refractivity contribution >= 4 is 23.4 Å². The van der Waals surface area contributed by atoms with E-state index in [-0.39, 0.29) is 36.0 Å². The minimum absolute atomic E-state index is 0.0878. The molecule has 160 valence electrons. The van der Waals surface area contributed by atoms with Gasteiger partial charge in [0.1, 0.15) is 34.8 Å². The molecule has 2 aromatic rings. The van der Waals surface area contributed by atoms with Gasteiger partial charge in [-0.1, -0.05) is 11.8 Å². The van der Waals surface area contributed by atoms with Crippen molar-refractivity contribution in [3.8, 4) is 11.8 Å². The first-order chi connectivity index (χ1) is 14.2. The number of rotatable bonds is 8. The lowest BCUT2D eigenvalue weighted by Crippen LogP contribution is -2.17. The first kappa shape index (κ1) is 23.4. The van der Waals surface area contributed by atoms with Crippen molar-refractivity contribution < 1.29 is 27.4 Å². The summed E-state index contributed by atoms with van der Waals surface area (Å²) in [5.41, 5.74) is -0.291. The molecule has 0 saturated heterocycles. The predicted molar refractivity (Wildman–Crippen MR) is 104 cm³/mol. The molecule has 7 nitrogen and oxygen atoms in total. The number of nitrogens with zero attached hydrogens (tertiary/aromatic N) is 3. The third-order valence-electron chi connectivity index (χ3n) is 3.75. The molecular weight excluding hydrogens is 421 g/mol. The summed E-state index contributed by atoms with van der Waals surface area (Å²) in [5.74, 6) is -0.210.